The van der Waals surface area contributed by atoms with Crippen molar-refractivity contribution in [2.45, 2.75) is 52.4 Å². The van der Waals surface area contributed by atoms with Crippen LogP contribution in [0.25, 0.3) is 0 Å². The third kappa shape index (κ3) is 6.68. The first-order valence-corrected chi connectivity index (χ1v) is 9.71. The predicted molar refractivity (Wildman–Crippen MR) is 102 cm³/mol. The summed E-state index contributed by atoms with van der Waals surface area (Å²) in [4.78, 5) is 14.8. The minimum atomic E-state index is 0.174. The second kappa shape index (κ2) is 10.6. The number of carbonyl (C=O) groups is 1. The average molecular weight is 466 g/mol. The third-order valence-corrected chi connectivity index (χ3v) is 4.94. The second-order valence-electron chi connectivity index (χ2n) is 5.33. The van der Waals surface area contributed by atoms with Crippen LogP contribution in [0.5, 0.6) is 0 Å². The van der Waals surface area contributed by atoms with Gasteiger partial charge in [-0.25, -0.2) is 0 Å². The van der Waals surface area contributed by atoms with E-state index in [4.69, 9.17) is 0 Å². The van der Waals surface area contributed by atoms with Gasteiger partial charge in [0.25, 0.3) is 5.91 Å². The van der Waals surface area contributed by atoms with E-state index >= 15 is 0 Å². The van der Waals surface area contributed by atoms with Gasteiger partial charge in [0.15, 0.2) is 0 Å². The number of nitrogens with zero attached hydrogens (tertiary/aromatic N) is 1. The number of hydrogen-bond donors (Lipinski definition) is 0. The molecule has 2 nitrogen and oxygen atoms in total. The lowest BCUT2D eigenvalue weighted by Gasteiger charge is -2.23. The monoisotopic (exact) mass is 465 g/mol. The van der Waals surface area contributed by atoms with E-state index in [0.29, 0.717) is 0 Å². The standard InChI is InChI=1S/C17H25BrINO/c1-3-5-7-11-20(12-8-6-4-2)17(21)15-13-14(18)9-10-16(15)19/h9-10,13H,3-8,11-12H2,1-2H3. The fourth-order valence-electron chi connectivity index (χ4n) is 2.25. The molecule has 0 saturated carbocycles. The molecule has 0 aromatic heterocycles. The zero-order chi connectivity index (χ0) is 15.7. The van der Waals surface area contributed by atoms with Crippen LogP contribution in [0.4, 0.5) is 0 Å². The molecule has 0 aliphatic heterocycles. The summed E-state index contributed by atoms with van der Waals surface area (Å²) < 4.78 is 1.99. The lowest BCUT2D eigenvalue weighted by atomic mass is 10.1. The maximum Gasteiger partial charge on any atom is 0.254 e. The van der Waals surface area contributed by atoms with Crippen LogP contribution in [0.1, 0.15) is 62.7 Å². The summed E-state index contributed by atoms with van der Waals surface area (Å²) in [7, 11) is 0. The summed E-state index contributed by atoms with van der Waals surface area (Å²) in [6.07, 6.45) is 6.94. The number of rotatable bonds is 9. The SMILES string of the molecule is CCCCCN(CCCCC)C(=O)c1cc(Br)ccc1I. The summed E-state index contributed by atoms with van der Waals surface area (Å²) in [5, 5.41) is 0. The molecule has 0 fully saturated rings. The van der Waals surface area contributed by atoms with Crippen molar-refractivity contribution in [2.75, 3.05) is 13.1 Å². The molecule has 4 heteroatoms. The molecular formula is C17H25BrINO. The molecular weight excluding hydrogens is 441 g/mol. The Balaban J connectivity index is 2.79. The molecule has 0 radical (unpaired) electrons. The van der Waals surface area contributed by atoms with Gasteiger partial charge in [0.1, 0.15) is 0 Å². The minimum absolute atomic E-state index is 0.174. The Labute approximate surface area is 150 Å². The fourth-order valence-corrected chi connectivity index (χ4v) is 3.18. The van der Waals surface area contributed by atoms with Crippen molar-refractivity contribution < 1.29 is 4.79 Å². The summed E-state index contributed by atoms with van der Waals surface area (Å²) in [5.41, 5.74) is 0.818. The summed E-state index contributed by atoms with van der Waals surface area (Å²) in [6.45, 7) is 6.14. The maximum atomic E-state index is 12.8. The highest BCUT2D eigenvalue weighted by molar-refractivity contribution is 14.1. The number of unbranched alkanes of at least 4 members (excludes halogenated alkanes) is 4. The van der Waals surface area contributed by atoms with Crippen molar-refractivity contribution in [3.8, 4) is 0 Å². The van der Waals surface area contributed by atoms with Crippen molar-refractivity contribution >= 4 is 44.4 Å². The smallest absolute Gasteiger partial charge is 0.254 e. The Bertz CT molecular complexity index is 440. The lowest BCUT2D eigenvalue weighted by Crippen LogP contribution is -2.33. The van der Waals surface area contributed by atoms with Crippen molar-refractivity contribution in [1.29, 1.82) is 0 Å². The normalized spacial score (nSPS) is 10.7. The van der Waals surface area contributed by atoms with Crippen LogP contribution >= 0.6 is 38.5 Å². The van der Waals surface area contributed by atoms with Gasteiger partial charge >= 0.3 is 0 Å². The average Bonchev–Trinajstić information content (AvgIpc) is 2.48. The fraction of sp³-hybridized carbons (Fsp3) is 0.588. The molecule has 0 saturated heterocycles. The zero-order valence-corrected chi connectivity index (χ0v) is 16.7. The van der Waals surface area contributed by atoms with Crippen LogP contribution in [-0.2, 0) is 0 Å². The van der Waals surface area contributed by atoms with Gasteiger partial charge in [0.2, 0.25) is 0 Å². The lowest BCUT2D eigenvalue weighted by molar-refractivity contribution is 0.0748. The number of hydrogen-bond acceptors (Lipinski definition) is 1. The first-order valence-electron chi connectivity index (χ1n) is 7.84. The van der Waals surface area contributed by atoms with E-state index in [1.165, 1.54) is 25.7 Å². The molecule has 0 heterocycles. The zero-order valence-electron chi connectivity index (χ0n) is 13.0. The maximum absolute atomic E-state index is 12.8. The highest BCUT2D eigenvalue weighted by atomic mass is 127. The van der Waals surface area contributed by atoms with Crippen molar-refractivity contribution in [2.24, 2.45) is 0 Å². The van der Waals surface area contributed by atoms with Crippen LogP contribution in [-0.4, -0.2) is 23.9 Å². The van der Waals surface area contributed by atoms with Crippen molar-refractivity contribution in [3.63, 3.8) is 0 Å². The predicted octanol–water partition coefficient (Wildman–Crippen LogP) is 5.88. The summed E-state index contributed by atoms with van der Waals surface area (Å²) in [6, 6.07) is 5.92. The summed E-state index contributed by atoms with van der Waals surface area (Å²) in [5.74, 6) is 0.174. The number of carbonyl (C=O) groups excluding carboxylic acids is 1. The Hall–Kier alpha value is -0.100. The van der Waals surface area contributed by atoms with Gasteiger partial charge < -0.3 is 4.90 Å². The summed E-state index contributed by atoms with van der Waals surface area (Å²) >= 11 is 5.71. The molecule has 0 aliphatic carbocycles. The van der Waals surface area contributed by atoms with Crippen LogP contribution in [0.3, 0.4) is 0 Å². The Morgan fingerprint density at radius 3 is 2.19 bits per heavy atom. The first kappa shape index (κ1) is 18.9. The van der Waals surface area contributed by atoms with E-state index < -0.39 is 0 Å². The topological polar surface area (TPSA) is 20.3 Å². The van der Waals surface area contributed by atoms with E-state index in [0.717, 1.165) is 39.5 Å². The van der Waals surface area contributed by atoms with Gasteiger partial charge in [-0.2, -0.15) is 0 Å². The van der Waals surface area contributed by atoms with E-state index in [9.17, 15) is 4.79 Å². The van der Waals surface area contributed by atoms with E-state index in [-0.39, 0.29) is 5.91 Å². The largest absolute Gasteiger partial charge is 0.339 e. The Morgan fingerprint density at radius 2 is 1.67 bits per heavy atom. The van der Waals surface area contributed by atoms with E-state index in [2.05, 4.69) is 52.4 Å². The quantitative estimate of drug-likeness (QED) is 0.329. The van der Waals surface area contributed by atoms with E-state index in [1.54, 1.807) is 0 Å². The first-order chi connectivity index (χ1) is 10.1. The molecule has 1 rings (SSSR count). The molecule has 118 valence electrons. The van der Waals surface area contributed by atoms with E-state index in [1.807, 2.05) is 23.1 Å². The van der Waals surface area contributed by atoms with Gasteiger partial charge in [0, 0.05) is 21.1 Å². The van der Waals surface area contributed by atoms with Crippen molar-refractivity contribution in [1.82, 2.24) is 4.90 Å². The number of amides is 1. The number of halogens is 2. The van der Waals surface area contributed by atoms with Gasteiger partial charge in [0.05, 0.1) is 5.56 Å². The molecule has 0 bridgehead atoms. The molecule has 21 heavy (non-hydrogen) atoms. The van der Waals surface area contributed by atoms with Gasteiger partial charge in [-0.1, -0.05) is 55.5 Å². The molecule has 0 N–H and O–H groups in total. The number of benzene rings is 1. The van der Waals surface area contributed by atoms with Gasteiger partial charge in [-0.15, -0.1) is 0 Å². The second-order valence-corrected chi connectivity index (χ2v) is 7.41. The molecule has 0 aliphatic rings. The van der Waals surface area contributed by atoms with Gasteiger partial charge in [-0.3, -0.25) is 4.79 Å². The third-order valence-electron chi connectivity index (χ3n) is 3.51. The Kier molecular flexibility index (Phi) is 9.56. The Morgan fingerprint density at radius 1 is 1.10 bits per heavy atom. The van der Waals surface area contributed by atoms with Crippen LogP contribution in [0.2, 0.25) is 0 Å². The van der Waals surface area contributed by atoms with Crippen LogP contribution in [0.15, 0.2) is 22.7 Å². The van der Waals surface area contributed by atoms with Gasteiger partial charge in [-0.05, 0) is 53.6 Å². The van der Waals surface area contributed by atoms with Crippen LogP contribution in [0, 0.1) is 3.57 Å². The molecule has 1 aromatic carbocycles. The molecule has 1 aromatic rings. The highest BCUT2D eigenvalue weighted by Crippen LogP contribution is 2.20. The molecule has 0 spiro atoms. The highest BCUT2D eigenvalue weighted by Gasteiger charge is 2.17. The molecule has 0 unspecified atom stereocenters. The molecule has 0 atom stereocenters. The van der Waals surface area contributed by atoms with Crippen molar-refractivity contribution in [3.05, 3.63) is 31.8 Å². The molecule has 1 amide bonds. The van der Waals surface area contributed by atoms with Crippen LogP contribution < -0.4 is 0 Å². The minimum Gasteiger partial charge on any atom is -0.339 e.